The second kappa shape index (κ2) is 8.07. The molecule has 0 saturated heterocycles. The van der Waals surface area contributed by atoms with Gasteiger partial charge in [-0.05, 0) is 24.3 Å². The molecule has 1 aliphatic heterocycles. The minimum atomic E-state index is -0.673. The number of hydrogen-bond acceptors (Lipinski definition) is 3. The fourth-order valence-electron chi connectivity index (χ4n) is 2.49. The molecule has 0 spiro atoms. The first-order valence-corrected chi connectivity index (χ1v) is 8.10. The van der Waals surface area contributed by atoms with Crippen molar-refractivity contribution in [3.63, 3.8) is 0 Å². The maximum absolute atomic E-state index is 12.7. The summed E-state index contributed by atoms with van der Waals surface area (Å²) in [6, 6.07) is 17.0. The van der Waals surface area contributed by atoms with Gasteiger partial charge in [0.15, 0.2) is 11.5 Å². The number of rotatable bonds is 4. The molecule has 1 amide bonds. The molecule has 1 atom stereocenters. The summed E-state index contributed by atoms with van der Waals surface area (Å²) < 4.78 is 11.4. The average Bonchev–Trinajstić information content (AvgIpc) is 2.67. The molecule has 0 fully saturated rings. The topological polar surface area (TPSA) is 38.8 Å². The quantitative estimate of drug-likeness (QED) is 0.638. The zero-order valence-corrected chi connectivity index (χ0v) is 13.9. The molecule has 0 aromatic heterocycles. The van der Waals surface area contributed by atoms with E-state index in [0.29, 0.717) is 24.6 Å². The molecule has 1 aliphatic rings. The molecule has 2 aromatic carbocycles. The van der Waals surface area contributed by atoms with E-state index < -0.39 is 6.10 Å². The van der Waals surface area contributed by atoms with Crippen LogP contribution in [0, 0.1) is 11.8 Å². The number of para-hydroxylation sites is 2. The van der Waals surface area contributed by atoms with Gasteiger partial charge in [-0.1, -0.05) is 48.2 Å². The summed E-state index contributed by atoms with van der Waals surface area (Å²) in [6.45, 7) is 4.62. The highest BCUT2D eigenvalue weighted by Crippen LogP contribution is 2.31. The average molecular weight is 333 g/mol. The SMILES string of the molecule is C=CCN(CC#Cc1ccccc1)C(=O)[C@H]1COc2ccccc2O1. The monoisotopic (exact) mass is 333 g/mol. The summed E-state index contributed by atoms with van der Waals surface area (Å²) in [5, 5.41) is 0. The summed E-state index contributed by atoms with van der Waals surface area (Å²) in [7, 11) is 0. The van der Waals surface area contributed by atoms with Gasteiger partial charge in [0.1, 0.15) is 6.61 Å². The zero-order valence-electron chi connectivity index (χ0n) is 13.9. The van der Waals surface area contributed by atoms with E-state index in [4.69, 9.17) is 9.47 Å². The Kier molecular flexibility index (Phi) is 5.38. The van der Waals surface area contributed by atoms with Gasteiger partial charge in [-0.25, -0.2) is 0 Å². The Labute approximate surface area is 147 Å². The Balaban J connectivity index is 1.67. The van der Waals surface area contributed by atoms with Gasteiger partial charge >= 0.3 is 0 Å². The summed E-state index contributed by atoms with van der Waals surface area (Å²) in [5.41, 5.74) is 0.916. The van der Waals surface area contributed by atoms with Crippen molar-refractivity contribution in [2.75, 3.05) is 19.7 Å². The second-order valence-electron chi connectivity index (χ2n) is 5.54. The fourth-order valence-corrected chi connectivity index (χ4v) is 2.49. The van der Waals surface area contributed by atoms with Gasteiger partial charge in [-0.2, -0.15) is 0 Å². The van der Waals surface area contributed by atoms with Crippen molar-refractivity contribution in [3.8, 4) is 23.3 Å². The number of hydrogen-bond donors (Lipinski definition) is 0. The van der Waals surface area contributed by atoms with Gasteiger partial charge in [-0.3, -0.25) is 4.79 Å². The lowest BCUT2D eigenvalue weighted by Crippen LogP contribution is -2.46. The van der Waals surface area contributed by atoms with Crippen LogP contribution in [0.5, 0.6) is 11.5 Å². The minimum absolute atomic E-state index is 0.156. The van der Waals surface area contributed by atoms with Crippen LogP contribution in [0.25, 0.3) is 0 Å². The Hall–Kier alpha value is -3.19. The lowest BCUT2D eigenvalue weighted by Gasteiger charge is -2.29. The van der Waals surface area contributed by atoms with Crippen LogP contribution in [0.15, 0.2) is 67.3 Å². The van der Waals surface area contributed by atoms with E-state index >= 15 is 0 Å². The van der Waals surface area contributed by atoms with E-state index in [1.165, 1.54) is 0 Å². The number of carbonyl (C=O) groups excluding carboxylic acids is 1. The predicted octanol–water partition coefficient (Wildman–Crippen LogP) is 2.89. The zero-order chi connectivity index (χ0) is 17.5. The number of fused-ring (bicyclic) bond motifs is 1. The molecule has 0 radical (unpaired) electrons. The lowest BCUT2D eigenvalue weighted by atomic mass is 10.2. The molecule has 0 unspecified atom stereocenters. The highest BCUT2D eigenvalue weighted by molar-refractivity contribution is 5.82. The van der Waals surface area contributed by atoms with Crippen molar-refractivity contribution in [3.05, 3.63) is 72.8 Å². The summed E-state index contributed by atoms with van der Waals surface area (Å²) in [5.74, 6) is 7.18. The number of carbonyl (C=O) groups is 1. The second-order valence-corrected chi connectivity index (χ2v) is 5.54. The van der Waals surface area contributed by atoms with Crippen LogP contribution < -0.4 is 9.47 Å². The van der Waals surface area contributed by atoms with Crippen LogP contribution in [0.4, 0.5) is 0 Å². The largest absolute Gasteiger partial charge is 0.485 e. The normalized spacial score (nSPS) is 14.8. The number of nitrogens with zero attached hydrogens (tertiary/aromatic N) is 1. The third-order valence-corrected chi connectivity index (χ3v) is 3.72. The van der Waals surface area contributed by atoms with Crippen molar-refractivity contribution in [1.82, 2.24) is 4.90 Å². The molecule has 126 valence electrons. The third kappa shape index (κ3) is 4.21. The number of amides is 1. The molecular formula is C21H19NO3. The van der Waals surface area contributed by atoms with Gasteiger partial charge < -0.3 is 14.4 Å². The fraction of sp³-hybridized carbons (Fsp3) is 0.190. The van der Waals surface area contributed by atoms with Gasteiger partial charge in [0, 0.05) is 12.1 Å². The van der Waals surface area contributed by atoms with Gasteiger partial charge in [0.25, 0.3) is 5.91 Å². The first kappa shape index (κ1) is 16.7. The lowest BCUT2D eigenvalue weighted by molar-refractivity contribution is -0.140. The first-order valence-electron chi connectivity index (χ1n) is 8.10. The number of benzene rings is 2. The smallest absolute Gasteiger partial charge is 0.268 e. The van der Waals surface area contributed by atoms with Gasteiger partial charge in [0.2, 0.25) is 6.10 Å². The van der Waals surface area contributed by atoms with E-state index in [9.17, 15) is 4.79 Å². The highest BCUT2D eigenvalue weighted by Gasteiger charge is 2.30. The molecule has 1 heterocycles. The maximum Gasteiger partial charge on any atom is 0.268 e. The summed E-state index contributed by atoms with van der Waals surface area (Å²) in [4.78, 5) is 14.4. The van der Waals surface area contributed by atoms with Crippen molar-refractivity contribution in [2.45, 2.75) is 6.10 Å². The van der Waals surface area contributed by atoms with E-state index in [-0.39, 0.29) is 12.5 Å². The number of ether oxygens (including phenoxy) is 2. The van der Waals surface area contributed by atoms with Crippen LogP contribution in [0.2, 0.25) is 0 Å². The summed E-state index contributed by atoms with van der Waals surface area (Å²) in [6.07, 6.45) is 1.01. The van der Waals surface area contributed by atoms with Gasteiger partial charge in [0.05, 0.1) is 6.54 Å². The van der Waals surface area contributed by atoms with Crippen LogP contribution in [-0.4, -0.2) is 36.6 Å². The Morgan fingerprint density at radius 2 is 1.88 bits per heavy atom. The molecule has 0 bridgehead atoms. The van der Waals surface area contributed by atoms with Crippen molar-refractivity contribution >= 4 is 5.91 Å². The molecule has 25 heavy (non-hydrogen) atoms. The molecular weight excluding hydrogens is 314 g/mol. The van der Waals surface area contributed by atoms with Crippen LogP contribution >= 0.6 is 0 Å². The van der Waals surface area contributed by atoms with Crippen LogP contribution in [0.3, 0.4) is 0 Å². The first-order chi connectivity index (χ1) is 12.3. The molecule has 0 aliphatic carbocycles. The Morgan fingerprint density at radius 1 is 1.16 bits per heavy atom. The molecule has 0 saturated carbocycles. The molecule has 0 N–H and O–H groups in total. The highest BCUT2D eigenvalue weighted by atomic mass is 16.6. The molecule has 3 rings (SSSR count). The minimum Gasteiger partial charge on any atom is -0.485 e. The van der Waals surface area contributed by atoms with Crippen molar-refractivity contribution < 1.29 is 14.3 Å². The van der Waals surface area contributed by atoms with E-state index in [1.807, 2.05) is 48.5 Å². The van der Waals surface area contributed by atoms with E-state index in [2.05, 4.69) is 18.4 Å². The maximum atomic E-state index is 12.7. The van der Waals surface area contributed by atoms with Crippen molar-refractivity contribution in [1.29, 1.82) is 0 Å². The Morgan fingerprint density at radius 3 is 2.64 bits per heavy atom. The standard InChI is InChI=1S/C21H19NO3/c1-2-14-22(15-8-11-17-9-4-3-5-10-17)21(23)20-16-24-18-12-6-7-13-19(18)25-20/h2-7,9-10,12-13,20H,1,14-16H2/t20-/m1/s1. The molecule has 2 aromatic rings. The Bertz CT molecular complexity index is 805. The predicted molar refractivity (Wildman–Crippen MR) is 96.5 cm³/mol. The summed E-state index contributed by atoms with van der Waals surface area (Å²) >= 11 is 0. The van der Waals surface area contributed by atoms with E-state index in [1.54, 1.807) is 17.0 Å². The van der Waals surface area contributed by atoms with Crippen LogP contribution in [-0.2, 0) is 4.79 Å². The molecule has 4 heteroatoms. The molecule has 4 nitrogen and oxygen atoms in total. The van der Waals surface area contributed by atoms with Gasteiger partial charge in [-0.15, -0.1) is 6.58 Å². The van der Waals surface area contributed by atoms with E-state index in [0.717, 1.165) is 5.56 Å². The van der Waals surface area contributed by atoms with Crippen molar-refractivity contribution in [2.24, 2.45) is 0 Å². The third-order valence-electron chi connectivity index (χ3n) is 3.72. The van der Waals surface area contributed by atoms with Crippen LogP contribution in [0.1, 0.15) is 5.56 Å².